The quantitative estimate of drug-likeness (QED) is 0.380. The molecule has 1 saturated carbocycles. The van der Waals surface area contributed by atoms with Crippen molar-refractivity contribution in [1.82, 2.24) is 25.0 Å². The molecule has 0 aliphatic heterocycles. The van der Waals surface area contributed by atoms with Crippen molar-refractivity contribution >= 4 is 22.4 Å². The second-order valence-electron chi connectivity index (χ2n) is 9.99. The van der Waals surface area contributed by atoms with Crippen molar-refractivity contribution in [2.45, 2.75) is 45.7 Å². The van der Waals surface area contributed by atoms with Gasteiger partial charge in [0, 0.05) is 17.6 Å². The van der Waals surface area contributed by atoms with Gasteiger partial charge in [0.15, 0.2) is 0 Å². The molecule has 35 heavy (non-hydrogen) atoms. The smallest absolute Gasteiger partial charge is 0.137 e. The summed E-state index contributed by atoms with van der Waals surface area (Å²) >= 11 is 0. The summed E-state index contributed by atoms with van der Waals surface area (Å²) in [6, 6.07) is 10.1. The van der Waals surface area contributed by atoms with Crippen molar-refractivity contribution in [1.29, 1.82) is 5.26 Å². The Kier molecular flexibility index (Phi) is 5.49. The lowest BCUT2D eigenvalue weighted by Gasteiger charge is -2.21. The summed E-state index contributed by atoms with van der Waals surface area (Å²) in [6.07, 6.45) is 5.24. The summed E-state index contributed by atoms with van der Waals surface area (Å²) in [5.74, 6) is 0.207. The molecule has 1 unspecified atom stereocenters. The van der Waals surface area contributed by atoms with Gasteiger partial charge in [-0.25, -0.2) is 19.0 Å². The fraction of sp³-hybridized carbons (Fsp3) is 0.346. The molecule has 0 radical (unpaired) electrons. The highest BCUT2D eigenvalue weighted by molar-refractivity contribution is 5.95. The summed E-state index contributed by atoms with van der Waals surface area (Å²) in [6.45, 7) is 7.01. The first-order chi connectivity index (χ1) is 17.2. The Bertz CT molecular complexity index is 1450. The zero-order valence-electron chi connectivity index (χ0n) is 20.9. The summed E-state index contributed by atoms with van der Waals surface area (Å²) in [5, 5.41) is 25.6. The van der Waals surface area contributed by atoms with Crippen LogP contribution in [0.4, 0.5) is 15.9 Å². The minimum Gasteiger partial charge on any atom is -0.373 e. The fourth-order valence-corrected chi connectivity index (χ4v) is 3.77. The van der Waals surface area contributed by atoms with Crippen molar-refractivity contribution in [2.75, 3.05) is 17.2 Å². The molecule has 0 amide bonds. The van der Waals surface area contributed by atoms with Crippen LogP contribution in [-0.4, -0.2) is 31.5 Å². The van der Waals surface area contributed by atoms with Crippen molar-refractivity contribution in [2.24, 2.45) is 5.41 Å². The van der Waals surface area contributed by atoms with E-state index in [1.165, 1.54) is 18.5 Å². The predicted molar refractivity (Wildman–Crippen MR) is 132 cm³/mol. The van der Waals surface area contributed by atoms with E-state index in [0.29, 0.717) is 51.8 Å². The normalized spacial score (nSPS) is 15.8. The number of halogens is 1. The van der Waals surface area contributed by atoms with E-state index >= 15 is 0 Å². The van der Waals surface area contributed by atoms with Gasteiger partial charge in [-0.15, -0.1) is 5.10 Å². The SMILES string of the molecule is [2H]C(Nc1cc(C#N)c2ncnc(NCC(C)(C)C)c2c1)(c1ccc(F)cc1)c1cn(C2CC2)nn1. The Morgan fingerprint density at radius 3 is 2.69 bits per heavy atom. The van der Waals surface area contributed by atoms with E-state index in [2.05, 4.69) is 57.8 Å². The summed E-state index contributed by atoms with van der Waals surface area (Å²) in [4.78, 5) is 8.74. The molecule has 1 aliphatic rings. The molecule has 8 nitrogen and oxygen atoms in total. The minimum atomic E-state index is -1.59. The number of aromatic nitrogens is 5. The molecule has 2 heterocycles. The lowest BCUT2D eigenvalue weighted by Crippen LogP contribution is -2.20. The number of hydrogen-bond donors (Lipinski definition) is 2. The Labute approximate surface area is 204 Å². The highest BCUT2D eigenvalue weighted by atomic mass is 19.1. The fourth-order valence-electron chi connectivity index (χ4n) is 3.77. The third-order valence-corrected chi connectivity index (χ3v) is 5.73. The van der Waals surface area contributed by atoms with Crippen LogP contribution < -0.4 is 10.6 Å². The van der Waals surface area contributed by atoms with Crippen LogP contribution in [0.25, 0.3) is 10.9 Å². The molecule has 2 aromatic carbocycles. The largest absolute Gasteiger partial charge is 0.373 e. The molecule has 1 aliphatic carbocycles. The minimum absolute atomic E-state index is 0.0114. The van der Waals surface area contributed by atoms with Crippen molar-refractivity contribution in [3.8, 4) is 6.07 Å². The summed E-state index contributed by atoms with van der Waals surface area (Å²) in [5.41, 5.74) is 2.24. The molecule has 1 atom stereocenters. The van der Waals surface area contributed by atoms with Gasteiger partial charge >= 0.3 is 0 Å². The number of rotatable bonds is 7. The topological polar surface area (TPSA) is 104 Å². The maximum atomic E-state index is 13.7. The number of nitrogens with one attached hydrogen (secondary N) is 2. The third-order valence-electron chi connectivity index (χ3n) is 5.73. The average molecular weight is 472 g/mol. The number of nitrogens with zero attached hydrogens (tertiary/aromatic N) is 6. The Morgan fingerprint density at radius 2 is 2.00 bits per heavy atom. The summed E-state index contributed by atoms with van der Waals surface area (Å²) in [7, 11) is 0. The van der Waals surface area contributed by atoms with E-state index in [1.54, 1.807) is 29.1 Å². The zero-order valence-corrected chi connectivity index (χ0v) is 19.9. The molecule has 2 N–H and O–H groups in total. The number of anilines is 2. The first-order valence-electron chi connectivity index (χ1n) is 12.1. The van der Waals surface area contributed by atoms with Gasteiger partial charge in [-0.05, 0) is 48.1 Å². The van der Waals surface area contributed by atoms with Gasteiger partial charge in [-0.3, -0.25) is 0 Å². The van der Waals surface area contributed by atoms with Crippen molar-refractivity contribution in [3.63, 3.8) is 0 Å². The molecule has 4 aromatic rings. The van der Waals surface area contributed by atoms with E-state index in [9.17, 15) is 11.0 Å². The number of fused-ring (bicyclic) bond motifs is 1. The molecule has 0 spiro atoms. The van der Waals surface area contributed by atoms with Crippen molar-refractivity contribution in [3.05, 3.63) is 71.6 Å². The first-order valence-corrected chi connectivity index (χ1v) is 11.6. The van der Waals surface area contributed by atoms with Crippen LogP contribution in [-0.2, 0) is 0 Å². The van der Waals surface area contributed by atoms with Crippen LogP contribution in [0.15, 0.2) is 48.9 Å². The van der Waals surface area contributed by atoms with E-state index < -0.39 is 11.8 Å². The maximum Gasteiger partial charge on any atom is 0.137 e. The molecular formula is C26H27FN8. The van der Waals surface area contributed by atoms with Crippen LogP contribution in [0.2, 0.25) is 0 Å². The van der Waals surface area contributed by atoms with Crippen molar-refractivity contribution < 1.29 is 5.76 Å². The lowest BCUT2D eigenvalue weighted by atomic mass is 9.97. The number of hydrogen-bond acceptors (Lipinski definition) is 7. The molecule has 5 rings (SSSR count). The van der Waals surface area contributed by atoms with Gasteiger partial charge < -0.3 is 10.6 Å². The summed E-state index contributed by atoms with van der Waals surface area (Å²) < 4.78 is 25.0. The standard InChI is InChI=1S/C26H27FN8/c1-26(2,3)14-29-25-21-11-19(10-17(12-28)23(21)30-15-31-25)32-24(16-4-6-18(27)7-5-16)22-13-35(34-33-22)20-8-9-20/h4-7,10-11,13,15,20,24,32H,8-9,14H2,1-3H3,(H,29,30,31)/i24D. The van der Waals surface area contributed by atoms with E-state index in [4.69, 9.17) is 0 Å². The maximum absolute atomic E-state index is 13.7. The molecule has 9 heteroatoms. The first kappa shape index (κ1) is 21.5. The molecular weight excluding hydrogens is 443 g/mol. The highest BCUT2D eigenvalue weighted by Gasteiger charge is 2.27. The van der Waals surface area contributed by atoms with Gasteiger partial charge in [0.1, 0.15) is 29.7 Å². The third kappa shape index (κ3) is 5.06. The van der Waals surface area contributed by atoms with Gasteiger partial charge in [0.25, 0.3) is 0 Å². The molecule has 178 valence electrons. The monoisotopic (exact) mass is 471 g/mol. The molecule has 0 saturated heterocycles. The van der Waals surface area contributed by atoms with Gasteiger partial charge in [0.2, 0.25) is 0 Å². The molecule has 1 fully saturated rings. The van der Waals surface area contributed by atoms with E-state index in [-0.39, 0.29) is 5.41 Å². The number of nitriles is 1. The van der Waals surface area contributed by atoms with E-state index in [0.717, 1.165) is 12.8 Å². The average Bonchev–Trinajstić information content (AvgIpc) is 3.57. The second kappa shape index (κ2) is 8.95. The van der Waals surface area contributed by atoms with Gasteiger partial charge in [0.05, 0.1) is 30.7 Å². The Morgan fingerprint density at radius 1 is 1.23 bits per heavy atom. The Balaban J connectivity index is 1.60. The Hall–Kier alpha value is -4.06. The van der Waals surface area contributed by atoms with Gasteiger partial charge in [-0.1, -0.05) is 38.1 Å². The van der Waals surface area contributed by atoms with Crippen LogP contribution >= 0.6 is 0 Å². The molecule has 2 aromatic heterocycles. The molecule has 0 bridgehead atoms. The van der Waals surface area contributed by atoms with Gasteiger partial charge in [-0.2, -0.15) is 5.26 Å². The van der Waals surface area contributed by atoms with Crippen LogP contribution in [0.5, 0.6) is 0 Å². The van der Waals surface area contributed by atoms with E-state index in [1.807, 2.05) is 6.07 Å². The zero-order chi connectivity index (χ0) is 25.5. The van der Waals surface area contributed by atoms with Crippen LogP contribution in [0.1, 0.15) is 63.9 Å². The predicted octanol–water partition coefficient (Wildman–Crippen LogP) is 5.23. The number of benzene rings is 2. The highest BCUT2D eigenvalue weighted by Crippen LogP contribution is 2.36. The van der Waals surface area contributed by atoms with Crippen LogP contribution in [0.3, 0.4) is 0 Å². The lowest BCUT2D eigenvalue weighted by molar-refractivity contribution is 0.442. The van der Waals surface area contributed by atoms with Crippen LogP contribution in [0, 0.1) is 22.6 Å². The second-order valence-corrected chi connectivity index (χ2v) is 9.99.